The highest BCUT2D eigenvalue weighted by Crippen LogP contribution is 2.27. The van der Waals surface area contributed by atoms with Crippen LogP contribution in [0.1, 0.15) is 11.3 Å². The number of aromatic nitrogens is 4. The number of carbonyl (C=O) groups is 1. The van der Waals surface area contributed by atoms with Crippen LogP contribution in [-0.4, -0.2) is 101 Å². The predicted molar refractivity (Wildman–Crippen MR) is 128 cm³/mol. The SMILES string of the molecule is Cc1cc(-c2cc3c(nnn3C)c(C#N)n2)ccc1OCCN1CCN(CC(=O)N(C)C)CC1. The molecule has 3 heterocycles. The molecule has 0 atom stereocenters. The number of likely N-dealkylation sites (N-methyl/N-ethyl adjacent to an activating group) is 1. The van der Waals surface area contributed by atoms with Crippen molar-refractivity contribution in [1.29, 1.82) is 5.26 Å². The third kappa shape index (κ3) is 5.16. The molecule has 1 amide bonds. The topological polar surface area (TPSA) is 103 Å². The van der Waals surface area contributed by atoms with Crippen LogP contribution in [0.25, 0.3) is 22.3 Å². The molecule has 0 bridgehead atoms. The van der Waals surface area contributed by atoms with Crippen LogP contribution in [0.2, 0.25) is 0 Å². The third-order valence-electron chi connectivity index (χ3n) is 6.16. The van der Waals surface area contributed by atoms with Gasteiger partial charge in [0.15, 0.2) is 5.69 Å². The highest BCUT2D eigenvalue weighted by molar-refractivity contribution is 5.83. The Balaban J connectivity index is 1.33. The van der Waals surface area contributed by atoms with Crippen LogP contribution in [0, 0.1) is 18.3 Å². The fraction of sp³-hybridized carbons (Fsp3) is 0.458. The van der Waals surface area contributed by atoms with E-state index in [1.165, 1.54) is 0 Å². The second kappa shape index (κ2) is 10.2. The number of nitriles is 1. The van der Waals surface area contributed by atoms with E-state index < -0.39 is 0 Å². The van der Waals surface area contributed by atoms with Crippen molar-refractivity contribution in [2.75, 3.05) is 60.0 Å². The summed E-state index contributed by atoms with van der Waals surface area (Å²) < 4.78 is 7.71. The Morgan fingerprint density at radius 1 is 1.18 bits per heavy atom. The van der Waals surface area contributed by atoms with E-state index in [1.807, 2.05) is 31.2 Å². The molecule has 1 fully saturated rings. The van der Waals surface area contributed by atoms with Crippen LogP contribution >= 0.6 is 0 Å². The number of hydrogen-bond acceptors (Lipinski definition) is 8. The van der Waals surface area contributed by atoms with E-state index in [4.69, 9.17) is 4.74 Å². The van der Waals surface area contributed by atoms with Crippen molar-refractivity contribution >= 4 is 16.9 Å². The van der Waals surface area contributed by atoms with Gasteiger partial charge in [-0.05, 0) is 36.8 Å². The highest BCUT2D eigenvalue weighted by atomic mass is 16.5. The lowest BCUT2D eigenvalue weighted by Crippen LogP contribution is -2.50. The van der Waals surface area contributed by atoms with Crippen molar-refractivity contribution in [2.45, 2.75) is 6.92 Å². The van der Waals surface area contributed by atoms with Gasteiger partial charge in [0.2, 0.25) is 5.91 Å². The first-order valence-corrected chi connectivity index (χ1v) is 11.3. The van der Waals surface area contributed by atoms with E-state index in [0.29, 0.717) is 24.4 Å². The van der Waals surface area contributed by atoms with Crippen LogP contribution in [0.3, 0.4) is 0 Å². The molecule has 178 valence electrons. The molecule has 10 heteroatoms. The van der Waals surface area contributed by atoms with Crippen molar-refractivity contribution in [2.24, 2.45) is 7.05 Å². The number of pyridine rings is 1. The Labute approximate surface area is 199 Å². The van der Waals surface area contributed by atoms with Gasteiger partial charge in [0.25, 0.3) is 0 Å². The molecule has 2 aromatic heterocycles. The molecule has 1 aromatic carbocycles. The van der Waals surface area contributed by atoms with Crippen molar-refractivity contribution in [3.05, 3.63) is 35.5 Å². The summed E-state index contributed by atoms with van der Waals surface area (Å²) in [5.41, 5.74) is 4.17. The molecular formula is C24H30N8O2. The van der Waals surface area contributed by atoms with Gasteiger partial charge in [-0.3, -0.25) is 14.6 Å². The zero-order valence-corrected chi connectivity index (χ0v) is 20.2. The van der Waals surface area contributed by atoms with E-state index in [0.717, 1.165) is 55.1 Å². The molecule has 10 nitrogen and oxygen atoms in total. The number of aryl methyl sites for hydroxylation is 2. The van der Waals surface area contributed by atoms with Gasteiger partial charge in [0.05, 0.1) is 17.8 Å². The molecule has 0 aliphatic carbocycles. The zero-order valence-electron chi connectivity index (χ0n) is 20.2. The lowest BCUT2D eigenvalue weighted by molar-refractivity contribution is -0.130. The van der Waals surface area contributed by atoms with Crippen LogP contribution < -0.4 is 4.74 Å². The van der Waals surface area contributed by atoms with Gasteiger partial charge >= 0.3 is 0 Å². The molecule has 4 rings (SSSR count). The Hall–Kier alpha value is -3.55. The summed E-state index contributed by atoms with van der Waals surface area (Å²) in [5.74, 6) is 0.981. The van der Waals surface area contributed by atoms with E-state index in [2.05, 4.69) is 31.2 Å². The van der Waals surface area contributed by atoms with Crippen LogP contribution in [-0.2, 0) is 11.8 Å². The number of amides is 1. The second-order valence-corrected chi connectivity index (χ2v) is 8.78. The summed E-state index contributed by atoms with van der Waals surface area (Å²) in [6.07, 6.45) is 0. The molecule has 0 radical (unpaired) electrons. The number of piperazine rings is 1. The molecular weight excluding hydrogens is 432 g/mol. The van der Waals surface area contributed by atoms with Crippen molar-refractivity contribution in [3.63, 3.8) is 0 Å². The molecule has 0 unspecified atom stereocenters. The maximum Gasteiger partial charge on any atom is 0.236 e. The van der Waals surface area contributed by atoms with Crippen molar-refractivity contribution in [1.82, 2.24) is 34.7 Å². The number of nitrogens with zero attached hydrogens (tertiary/aromatic N) is 8. The number of carbonyl (C=O) groups excluding carboxylic acids is 1. The number of ether oxygens (including phenoxy) is 1. The Morgan fingerprint density at radius 3 is 2.59 bits per heavy atom. The van der Waals surface area contributed by atoms with Crippen LogP contribution in [0.15, 0.2) is 24.3 Å². The van der Waals surface area contributed by atoms with Gasteiger partial charge in [0, 0.05) is 59.4 Å². The normalized spacial score (nSPS) is 14.8. The van der Waals surface area contributed by atoms with Crippen LogP contribution in [0.5, 0.6) is 5.75 Å². The monoisotopic (exact) mass is 462 g/mol. The smallest absolute Gasteiger partial charge is 0.236 e. The summed E-state index contributed by atoms with van der Waals surface area (Å²) in [7, 11) is 5.38. The van der Waals surface area contributed by atoms with Gasteiger partial charge in [-0.1, -0.05) is 5.21 Å². The predicted octanol–water partition coefficient (Wildman–Crippen LogP) is 1.30. The van der Waals surface area contributed by atoms with E-state index in [1.54, 1.807) is 30.7 Å². The first-order valence-electron chi connectivity index (χ1n) is 11.3. The number of benzene rings is 1. The quantitative estimate of drug-likeness (QED) is 0.518. The van der Waals surface area contributed by atoms with E-state index >= 15 is 0 Å². The van der Waals surface area contributed by atoms with Crippen LogP contribution in [0.4, 0.5) is 0 Å². The molecule has 3 aromatic rings. The molecule has 1 saturated heterocycles. The molecule has 1 aliphatic rings. The van der Waals surface area contributed by atoms with Gasteiger partial charge in [-0.25, -0.2) is 9.67 Å². The summed E-state index contributed by atoms with van der Waals surface area (Å²) in [6.45, 7) is 7.57. The first-order chi connectivity index (χ1) is 16.4. The standard InChI is InChI=1S/C24H30N8O2/c1-17-13-18(19-14-21-24(20(15-25)26-19)27-28-30(21)4)5-6-22(17)34-12-11-31-7-9-32(10-8-31)16-23(33)29(2)3/h5-6,13-14H,7-12,16H2,1-4H3. The Kier molecular flexibility index (Phi) is 7.05. The molecule has 0 N–H and O–H groups in total. The lowest BCUT2D eigenvalue weighted by atomic mass is 10.1. The summed E-state index contributed by atoms with van der Waals surface area (Å²) >= 11 is 0. The third-order valence-corrected chi connectivity index (χ3v) is 6.16. The van der Waals surface area contributed by atoms with Gasteiger partial charge < -0.3 is 9.64 Å². The molecule has 34 heavy (non-hydrogen) atoms. The second-order valence-electron chi connectivity index (χ2n) is 8.78. The van der Waals surface area contributed by atoms with Crippen molar-refractivity contribution in [3.8, 4) is 23.1 Å². The average molecular weight is 463 g/mol. The minimum Gasteiger partial charge on any atom is -0.492 e. The Bertz CT molecular complexity index is 1220. The van der Waals surface area contributed by atoms with E-state index in [9.17, 15) is 10.1 Å². The zero-order chi connectivity index (χ0) is 24.2. The fourth-order valence-corrected chi connectivity index (χ4v) is 4.02. The first kappa shape index (κ1) is 23.6. The summed E-state index contributed by atoms with van der Waals surface area (Å²) in [5, 5.41) is 17.5. The number of fused-ring (bicyclic) bond motifs is 1. The van der Waals surface area contributed by atoms with Gasteiger partial charge in [-0.2, -0.15) is 5.26 Å². The maximum absolute atomic E-state index is 11.9. The minimum absolute atomic E-state index is 0.145. The lowest BCUT2D eigenvalue weighted by Gasteiger charge is -2.34. The van der Waals surface area contributed by atoms with Gasteiger partial charge in [0.1, 0.15) is 23.9 Å². The highest BCUT2D eigenvalue weighted by Gasteiger charge is 2.19. The number of rotatable bonds is 7. The largest absolute Gasteiger partial charge is 0.492 e. The minimum atomic E-state index is 0.145. The summed E-state index contributed by atoms with van der Waals surface area (Å²) in [4.78, 5) is 22.6. The maximum atomic E-state index is 11.9. The molecule has 1 aliphatic heterocycles. The summed E-state index contributed by atoms with van der Waals surface area (Å²) in [6, 6.07) is 9.95. The molecule has 0 saturated carbocycles. The number of hydrogen-bond donors (Lipinski definition) is 0. The average Bonchev–Trinajstić information content (AvgIpc) is 3.21. The molecule has 0 spiro atoms. The van der Waals surface area contributed by atoms with Gasteiger partial charge in [-0.15, -0.1) is 5.10 Å². The Morgan fingerprint density at radius 2 is 1.91 bits per heavy atom. The van der Waals surface area contributed by atoms with E-state index in [-0.39, 0.29) is 11.6 Å². The fourth-order valence-electron chi connectivity index (χ4n) is 4.02. The van der Waals surface area contributed by atoms with Crippen molar-refractivity contribution < 1.29 is 9.53 Å².